The van der Waals surface area contributed by atoms with Crippen molar-refractivity contribution in [2.24, 2.45) is 0 Å². The molecular formula is C28H21F4N3O6. The highest BCUT2D eigenvalue weighted by atomic mass is 19.4. The summed E-state index contributed by atoms with van der Waals surface area (Å²) in [4.78, 5) is 43.3. The summed E-state index contributed by atoms with van der Waals surface area (Å²) in [6, 6.07) is 8.37. The van der Waals surface area contributed by atoms with Gasteiger partial charge < -0.3 is 18.5 Å². The van der Waals surface area contributed by atoms with E-state index >= 15 is 0 Å². The van der Waals surface area contributed by atoms with Crippen LogP contribution in [0.2, 0.25) is 0 Å². The minimum Gasteiger partial charge on any atom is -0.465 e. The van der Waals surface area contributed by atoms with Crippen LogP contribution in [0.4, 0.5) is 17.6 Å². The largest absolute Gasteiger partial charge is 0.465 e. The first-order valence-corrected chi connectivity index (χ1v) is 11.8. The molecule has 5 aromatic rings. The van der Waals surface area contributed by atoms with Crippen LogP contribution in [0.3, 0.4) is 0 Å². The molecule has 0 saturated heterocycles. The number of carbonyl (C=O) groups is 2. The number of nitrogens with zero attached hydrogens (tertiary/aromatic N) is 3. The number of halogens is 4. The number of aryl methyl sites for hydroxylation is 1. The molecule has 0 atom stereocenters. The predicted molar refractivity (Wildman–Crippen MR) is 138 cm³/mol. The number of pyridine rings is 3. The number of aromatic nitrogens is 3. The van der Waals surface area contributed by atoms with E-state index in [4.69, 9.17) is 4.42 Å². The lowest BCUT2D eigenvalue weighted by Crippen LogP contribution is -2.20. The van der Waals surface area contributed by atoms with Gasteiger partial charge in [-0.2, -0.15) is 13.2 Å². The fourth-order valence-corrected chi connectivity index (χ4v) is 3.83. The van der Waals surface area contributed by atoms with Crippen molar-refractivity contribution in [3.63, 3.8) is 0 Å². The van der Waals surface area contributed by atoms with E-state index < -0.39 is 30.1 Å². The minimum atomic E-state index is -4.72. The molecule has 4 aromatic heterocycles. The summed E-state index contributed by atoms with van der Waals surface area (Å²) in [5.74, 6) is -2.35. The molecule has 0 N–H and O–H groups in total. The van der Waals surface area contributed by atoms with Crippen LogP contribution in [-0.2, 0) is 16.0 Å². The molecule has 41 heavy (non-hydrogen) atoms. The van der Waals surface area contributed by atoms with Crippen LogP contribution in [0.25, 0.3) is 21.7 Å². The van der Waals surface area contributed by atoms with Crippen LogP contribution in [0.5, 0.6) is 0 Å². The fraction of sp³-hybridized carbons (Fsp3) is 0.179. The molecule has 0 saturated carbocycles. The van der Waals surface area contributed by atoms with E-state index in [1.54, 1.807) is 30.6 Å². The number of carbonyl (C=O) groups excluding carboxylic acids is 2. The van der Waals surface area contributed by atoms with Gasteiger partial charge in [0, 0.05) is 36.4 Å². The highest BCUT2D eigenvalue weighted by Crippen LogP contribution is 2.27. The maximum atomic E-state index is 13.9. The number of furan rings is 1. The number of fused-ring (bicyclic) bond motifs is 2. The Kier molecular flexibility index (Phi) is 8.45. The van der Waals surface area contributed by atoms with Gasteiger partial charge in [-0.1, -0.05) is 0 Å². The summed E-state index contributed by atoms with van der Waals surface area (Å²) in [7, 11) is 1.36. The molecule has 0 aliphatic heterocycles. The van der Waals surface area contributed by atoms with E-state index in [1.807, 2.05) is 6.92 Å². The van der Waals surface area contributed by atoms with Crippen molar-refractivity contribution in [1.29, 1.82) is 0 Å². The zero-order chi connectivity index (χ0) is 29.7. The van der Waals surface area contributed by atoms with Crippen molar-refractivity contribution in [2.75, 3.05) is 13.7 Å². The Bertz CT molecular complexity index is 1800. The van der Waals surface area contributed by atoms with Crippen molar-refractivity contribution in [2.45, 2.75) is 19.6 Å². The van der Waals surface area contributed by atoms with Crippen LogP contribution in [0, 0.1) is 12.7 Å². The molecule has 1 aromatic carbocycles. The van der Waals surface area contributed by atoms with Crippen molar-refractivity contribution >= 4 is 33.7 Å². The summed E-state index contributed by atoms with van der Waals surface area (Å²) >= 11 is 0. The van der Waals surface area contributed by atoms with Gasteiger partial charge in [0.15, 0.2) is 6.61 Å². The number of hydrogen-bond acceptors (Lipinski definition) is 8. The first-order chi connectivity index (χ1) is 19.5. The first kappa shape index (κ1) is 28.9. The van der Waals surface area contributed by atoms with Gasteiger partial charge in [-0.15, -0.1) is 0 Å². The van der Waals surface area contributed by atoms with Crippen LogP contribution in [-0.4, -0.2) is 46.4 Å². The molecule has 4 heterocycles. The van der Waals surface area contributed by atoms with Crippen LogP contribution in [0.15, 0.2) is 76.6 Å². The standard InChI is InChI=1S/C20H12F4N2O4.C8H9NO2/c21-13-5-12-6-14(9-26-4-2-11-1-3-25-8-16(11)18(26)27)30-17(12)15(7-13)19(28)29-10-20(22,23)24;1-6-3-4-9-5-7(6)8(10)11-2/h1-8H,9-10H2;3-5H,1-2H3. The van der Waals surface area contributed by atoms with E-state index in [9.17, 15) is 31.9 Å². The summed E-state index contributed by atoms with van der Waals surface area (Å²) in [6.45, 7) is -0.0110. The van der Waals surface area contributed by atoms with Crippen molar-refractivity contribution in [3.8, 4) is 0 Å². The third-order valence-corrected chi connectivity index (χ3v) is 5.77. The van der Waals surface area contributed by atoms with Gasteiger partial charge in [0.1, 0.15) is 22.7 Å². The average Bonchev–Trinajstić information content (AvgIpc) is 3.35. The Morgan fingerprint density at radius 1 is 0.976 bits per heavy atom. The monoisotopic (exact) mass is 571 g/mol. The quantitative estimate of drug-likeness (QED) is 0.208. The number of benzene rings is 1. The van der Waals surface area contributed by atoms with Crippen LogP contribution >= 0.6 is 0 Å². The van der Waals surface area contributed by atoms with Crippen LogP contribution in [0.1, 0.15) is 32.0 Å². The highest BCUT2D eigenvalue weighted by molar-refractivity contribution is 6.02. The van der Waals surface area contributed by atoms with Gasteiger partial charge in [-0.25, -0.2) is 14.0 Å². The summed E-state index contributed by atoms with van der Waals surface area (Å²) in [5, 5.41) is 1.24. The SMILES string of the molecule is COC(=O)c1cnccc1C.O=C(OCC(F)(F)F)c1cc(F)cc2cc(Cn3ccc4ccncc4c3=O)oc12. The second-order valence-electron chi connectivity index (χ2n) is 8.67. The molecule has 0 amide bonds. The lowest BCUT2D eigenvalue weighted by molar-refractivity contribution is -0.161. The molecule has 13 heteroatoms. The molecule has 0 aliphatic carbocycles. The van der Waals surface area contributed by atoms with Gasteiger partial charge >= 0.3 is 18.1 Å². The smallest absolute Gasteiger partial charge is 0.422 e. The molecule has 9 nitrogen and oxygen atoms in total. The van der Waals surface area contributed by atoms with Gasteiger partial charge in [-0.05, 0) is 54.3 Å². The zero-order valence-electron chi connectivity index (χ0n) is 21.6. The molecule has 0 radical (unpaired) electrons. The maximum Gasteiger partial charge on any atom is 0.422 e. The van der Waals surface area contributed by atoms with Crippen molar-refractivity contribution < 1.29 is 41.0 Å². The molecule has 0 unspecified atom stereocenters. The second-order valence-corrected chi connectivity index (χ2v) is 8.67. The first-order valence-electron chi connectivity index (χ1n) is 11.8. The summed E-state index contributed by atoms with van der Waals surface area (Å²) in [5.41, 5.74) is 0.462. The fourth-order valence-electron chi connectivity index (χ4n) is 3.83. The molecule has 0 spiro atoms. The average molecular weight is 571 g/mol. The van der Waals surface area contributed by atoms with E-state index in [2.05, 4.69) is 19.4 Å². The summed E-state index contributed by atoms with van der Waals surface area (Å²) < 4.78 is 66.4. The lowest BCUT2D eigenvalue weighted by Gasteiger charge is -2.08. The Morgan fingerprint density at radius 3 is 2.41 bits per heavy atom. The minimum absolute atomic E-state index is 0.0446. The maximum absolute atomic E-state index is 13.9. The number of alkyl halides is 3. The Balaban J connectivity index is 0.000000296. The molecule has 212 valence electrons. The van der Waals surface area contributed by atoms with E-state index in [0.29, 0.717) is 16.3 Å². The van der Waals surface area contributed by atoms with E-state index in [0.717, 1.165) is 17.7 Å². The van der Waals surface area contributed by atoms with Gasteiger partial charge in [0.25, 0.3) is 5.56 Å². The number of hydrogen-bond donors (Lipinski definition) is 0. The third kappa shape index (κ3) is 6.93. The van der Waals surface area contributed by atoms with Gasteiger partial charge in [0.05, 0.1) is 24.6 Å². The Hall–Kier alpha value is -5.07. The molecule has 0 fully saturated rings. The van der Waals surface area contributed by atoms with Crippen LogP contribution < -0.4 is 5.56 Å². The third-order valence-electron chi connectivity index (χ3n) is 5.77. The molecule has 0 aliphatic rings. The lowest BCUT2D eigenvalue weighted by atomic mass is 10.1. The number of ether oxygens (including phenoxy) is 2. The predicted octanol–water partition coefficient (Wildman–Crippen LogP) is 5.23. The van der Waals surface area contributed by atoms with Crippen molar-refractivity contribution in [3.05, 3.63) is 106 Å². The zero-order valence-corrected chi connectivity index (χ0v) is 21.6. The van der Waals surface area contributed by atoms with Gasteiger partial charge in [-0.3, -0.25) is 14.8 Å². The number of methoxy groups -OCH3 is 1. The second kappa shape index (κ2) is 12.0. The highest BCUT2D eigenvalue weighted by Gasteiger charge is 2.30. The molecule has 5 rings (SSSR count). The molecular weight excluding hydrogens is 550 g/mol. The normalized spacial score (nSPS) is 11.2. The topological polar surface area (TPSA) is 114 Å². The van der Waals surface area contributed by atoms with Gasteiger partial charge in [0.2, 0.25) is 0 Å². The van der Waals surface area contributed by atoms with Crippen molar-refractivity contribution in [1.82, 2.24) is 14.5 Å². The number of esters is 2. The van der Waals surface area contributed by atoms with E-state index in [-0.39, 0.29) is 34.8 Å². The Morgan fingerprint density at radius 2 is 1.71 bits per heavy atom. The Labute approximate surface area is 229 Å². The number of rotatable bonds is 5. The molecule has 0 bridgehead atoms. The summed E-state index contributed by atoms with van der Waals surface area (Å²) in [6.07, 6.45) is 2.94. The van der Waals surface area contributed by atoms with E-state index in [1.165, 1.54) is 36.3 Å².